The predicted octanol–water partition coefficient (Wildman–Crippen LogP) is 4.23. The molecule has 1 N–H and O–H groups in total. The van der Waals surface area contributed by atoms with Crippen LogP contribution in [0.25, 0.3) is 0 Å². The number of likely N-dealkylation sites (N-methyl/N-ethyl adjacent to an activating group) is 1. The number of hydrogen-bond donors (Lipinski definition) is 1. The van der Waals surface area contributed by atoms with Crippen molar-refractivity contribution >= 4 is 73.9 Å². The summed E-state index contributed by atoms with van der Waals surface area (Å²) in [5, 5.41) is 3.49. The van der Waals surface area contributed by atoms with Gasteiger partial charge in [-0.25, -0.2) is 8.42 Å². The van der Waals surface area contributed by atoms with Gasteiger partial charge in [0.1, 0.15) is 12.6 Å². The van der Waals surface area contributed by atoms with Crippen molar-refractivity contribution in [1.82, 2.24) is 10.2 Å². The van der Waals surface area contributed by atoms with Crippen LogP contribution < -0.4 is 9.62 Å². The van der Waals surface area contributed by atoms with Crippen LogP contribution in [0.1, 0.15) is 12.5 Å². The molecule has 174 valence electrons. The molecule has 12 heteroatoms. The number of halogens is 4. The monoisotopic (exact) mass is 539 g/mol. The van der Waals surface area contributed by atoms with Gasteiger partial charge in [-0.05, 0) is 42.8 Å². The number of carbonyl (C=O) groups excluding carboxylic acids is 2. The number of amides is 2. The molecule has 0 fully saturated rings. The summed E-state index contributed by atoms with van der Waals surface area (Å²) in [5.74, 6) is -1.04. The molecule has 1 atom stereocenters. The minimum Gasteiger partial charge on any atom is -0.357 e. The van der Waals surface area contributed by atoms with E-state index in [2.05, 4.69) is 5.32 Å². The molecule has 0 spiro atoms. The fraction of sp³-hybridized carbons (Fsp3) is 0.300. The molecule has 0 radical (unpaired) electrons. The number of nitrogens with one attached hydrogen (secondary N) is 1. The largest absolute Gasteiger partial charge is 0.357 e. The summed E-state index contributed by atoms with van der Waals surface area (Å²) in [5.41, 5.74) is 0.702. The average molecular weight is 541 g/mol. The van der Waals surface area contributed by atoms with Gasteiger partial charge in [-0.15, -0.1) is 0 Å². The third kappa shape index (κ3) is 6.65. The number of anilines is 1. The van der Waals surface area contributed by atoms with Crippen LogP contribution in [-0.2, 0) is 26.2 Å². The number of rotatable bonds is 8. The van der Waals surface area contributed by atoms with Crippen LogP contribution in [0.2, 0.25) is 20.1 Å². The molecule has 0 heterocycles. The Bertz CT molecular complexity index is 1130. The molecule has 0 saturated heterocycles. The third-order valence-electron chi connectivity index (χ3n) is 4.61. The van der Waals surface area contributed by atoms with E-state index in [-0.39, 0.29) is 22.3 Å². The highest BCUT2D eigenvalue weighted by molar-refractivity contribution is 7.92. The zero-order chi connectivity index (χ0) is 24.2. The van der Waals surface area contributed by atoms with Gasteiger partial charge in [0.15, 0.2) is 0 Å². The molecular formula is C20H21Cl4N3O4S. The minimum absolute atomic E-state index is 0.00371. The highest BCUT2D eigenvalue weighted by Crippen LogP contribution is 2.30. The Morgan fingerprint density at radius 2 is 1.66 bits per heavy atom. The molecule has 0 aliphatic heterocycles. The lowest BCUT2D eigenvalue weighted by atomic mass is 10.1. The molecule has 7 nitrogen and oxygen atoms in total. The predicted molar refractivity (Wildman–Crippen MR) is 129 cm³/mol. The van der Waals surface area contributed by atoms with E-state index in [9.17, 15) is 18.0 Å². The molecule has 0 aromatic heterocycles. The molecular weight excluding hydrogens is 520 g/mol. The minimum atomic E-state index is -3.90. The van der Waals surface area contributed by atoms with E-state index >= 15 is 0 Å². The van der Waals surface area contributed by atoms with E-state index < -0.39 is 34.4 Å². The zero-order valence-corrected chi connectivity index (χ0v) is 21.2. The maximum Gasteiger partial charge on any atom is 0.244 e. The number of benzene rings is 2. The van der Waals surface area contributed by atoms with Crippen molar-refractivity contribution in [3.63, 3.8) is 0 Å². The summed E-state index contributed by atoms with van der Waals surface area (Å²) < 4.78 is 25.8. The van der Waals surface area contributed by atoms with Gasteiger partial charge in [-0.3, -0.25) is 13.9 Å². The van der Waals surface area contributed by atoms with E-state index in [1.807, 2.05) is 0 Å². The number of nitrogens with zero attached hydrogens (tertiary/aromatic N) is 2. The molecule has 0 saturated carbocycles. The Morgan fingerprint density at radius 1 is 1.00 bits per heavy atom. The molecule has 2 aromatic carbocycles. The van der Waals surface area contributed by atoms with E-state index in [0.29, 0.717) is 15.6 Å². The first-order valence-electron chi connectivity index (χ1n) is 9.23. The fourth-order valence-corrected chi connectivity index (χ4v) is 4.65. The fourth-order valence-electron chi connectivity index (χ4n) is 2.90. The standard InChI is InChI=1S/C20H21Cl4N3O4S/c1-12(20(29)25-2)26(10-13-4-6-15(22)16(23)8-13)19(28)11-27(32(3,30)31)18-7-5-14(21)9-17(18)24/h4-9,12H,10-11H2,1-3H3,(H,25,29)/t12-/m1/s1. The molecule has 0 unspecified atom stereocenters. The van der Waals surface area contributed by atoms with E-state index in [1.54, 1.807) is 18.2 Å². The van der Waals surface area contributed by atoms with Gasteiger partial charge in [-0.2, -0.15) is 0 Å². The van der Waals surface area contributed by atoms with Crippen LogP contribution in [-0.4, -0.2) is 51.0 Å². The third-order valence-corrected chi connectivity index (χ3v) is 7.01. The summed E-state index contributed by atoms with van der Waals surface area (Å²) in [6, 6.07) is 8.16. The van der Waals surface area contributed by atoms with Crippen molar-refractivity contribution in [1.29, 1.82) is 0 Å². The maximum absolute atomic E-state index is 13.3. The molecule has 32 heavy (non-hydrogen) atoms. The smallest absolute Gasteiger partial charge is 0.244 e. The molecule has 2 rings (SSSR count). The highest BCUT2D eigenvalue weighted by Gasteiger charge is 2.30. The van der Waals surface area contributed by atoms with Crippen LogP contribution in [0.15, 0.2) is 36.4 Å². The second kappa shape index (κ2) is 10.9. The van der Waals surface area contributed by atoms with Gasteiger partial charge in [0.05, 0.1) is 27.0 Å². The number of sulfonamides is 1. The highest BCUT2D eigenvalue weighted by atomic mass is 35.5. The molecule has 0 bridgehead atoms. The first kappa shape index (κ1) is 26.5. The van der Waals surface area contributed by atoms with Crippen LogP contribution in [0.3, 0.4) is 0 Å². The SMILES string of the molecule is CNC(=O)[C@@H](C)N(Cc1ccc(Cl)c(Cl)c1)C(=O)CN(c1ccc(Cl)cc1Cl)S(C)(=O)=O. The van der Waals surface area contributed by atoms with Crippen molar-refractivity contribution in [2.45, 2.75) is 19.5 Å². The van der Waals surface area contributed by atoms with Gasteiger partial charge in [0, 0.05) is 18.6 Å². The lowest BCUT2D eigenvalue weighted by Gasteiger charge is -2.31. The van der Waals surface area contributed by atoms with Crippen molar-refractivity contribution in [3.8, 4) is 0 Å². The van der Waals surface area contributed by atoms with Crippen molar-refractivity contribution in [2.24, 2.45) is 0 Å². The van der Waals surface area contributed by atoms with Gasteiger partial charge in [0.2, 0.25) is 21.8 Å². The van der Waals surface area contributed by atoms with Gasteiger partial charge in [0.25, 0.3) is 0 Å². The summed E-state index contributed by atoms with van der Waals surface area (Å²) in [6.45, 7) is 0.952. The summed E-state index contributed by atoms with van der Waals surface area (Å²) in [7, 11) is -2.46. The van der Waals surface area contributed by atoms with Gasteiger partial charge < -0.3 is 10.2 Å². The zero-order valence-electron chi connectivity index (χ0n) is 17.4. The summed E-state index contributed by atoms with van der Waals surface area (Å²) in [4.78, 5) is 26.8. The Morgan fingerprint density at radius 3 is 2.19 bits per heavy atom. The maximum atomic E-state index is 13.3. The summed E-state index contributed by atoms with van der Waals surface area (Å²) >= 11 is 24.1. The second-order valence-corrected chi connectivity index (χ2v) is 10.5. The second-order valence-electron chi connectivity index (χ2n) is 6.93. The Balaban J connectivity index is 2.43. The molecule has 0 aliphatic carbocycles. The van der Waals surface area contributed by atoms with E-state index in [0.717, 1.165) is 10.6 Å². The van der Waals surface area contributed by atoms with Gasteiger partial charge in [-0.1, -0.05) is 52.5 Å². The number of hydrogen-bond acceptors (Lipinski definition) is 4. The Kier molecular flexibility index (Phi) is 9.07. The van der Waals surface area contributed by atoms with Crippen molar-refractivity contribution in [3.05, 3.63) is 62.1 Å². The number of carbonyl (C=O) groups is 2. The molecule has 0 aliphatic rings. The molecule has 2 aromatic rings. The molecule has 2 amide bonds. The van der Waals surface area contributed by atoms with Crippen LogP contribution in [0, 0.1) is 0 Å². The van der Waals surface area contributed by atoms with E-state index in [4.69, 9.17) is 46.4 Å². The normalized spacial score (nSPS) is 12.2. The lowest BCUT2D eigenvalue weighted by Crippen LogP contribution is -2.50. The van der Waals surface area contributed by atoms with Crippen molar-refractivity contribution < 1.29 is 18.0 Å². The van der Waals surface area contributed by atoms with E-state index in [1.165, 1.54) is 37.1 Å². The van der Waals surface area contributed by atoms with Crippen molar-refractivity contribution in [2.75, 3.05) is 24.2 Å². The summed E-state index contributed by atoms with van der Waals surface area (Å²) in [6.07, 6.45) is 0.955. The van der Waals surface area contributed by atoms with Gasteiger partial charge >= 0.3 is 0 Å². The Labute approximate surface area is 207 Å². The average Bonchev–Trinajstić information content (AvgIpc) is 2.71. The van der Waals surface area contributed by atoms with Crippen LogP contribution >= 0.6 is 46.4 Å². The first-order valence-corrected chi connectivity index (χ1v) is 12.6. The lowest BCUT2D eigenvalue weighted by molar-refractivity contribution is -0.139. The topological polar surface area (TPSA) is 86.8 Å². The van der Waals surface area contributed by atoms with Crippen LogP contribution in [0.5, 0.6) is 0 Å². The first-order chi connectivity index (χ1) is 14.8. The Hall–Kier alpha value is -1.71. The van der Waals surface area contributed by atoms with Crippen LogP contribution in [0.4, 0.5) is 5.69 Å². The quantitative estimate of drug-likeness (QED) is 0.542.